The van der Waals surface area contributed by atoms with Gasteiger partial charge in [-0.2, -0.15) is 13.2 Å². The molecule has 0 aliphatic heterocycles. The number of carbonyl (C=O) groups excluding carboxylic acids is 2. The minimum Gasteiger partial charge on any atom is -0.469 e. The quantitative estimate of drug-likeness (QED) is 0.218. The second kappa shape index (κ2) is 12.2. The summed E-state index contributed by atoms with van der Waals surface area (Å²) in [6.45, 7) is 8.41. The van der Waals surface area contributed by atoms with E-state index in [1.54, 1.807) is 17.8 Å². The summed E-state index contributed by atoms with van der Waals surface area (Å²) in [6.07, 6.45) is -4.24. The number of rotatable bonds is 9. The monoisotopic (exact) mass is 549 g/mol. The van der Waals surface area contributed by atoms with Crippen molar-refractivity contribution in [3.63, 3.8) is 0 Å². The lowest BCUT2D eigenvalue weighted by atomic mass is 9.95. The number of benzene rings is 2. The van der Waals surface area contributed by atoms with Gasteiger partial charge in [0.15, 0.2) is 0 Å². The van der Waals surface area contributed by atoms with Gasteiger partial charge in [-0.25, -0.2) is 0 Å². The molecule has 2 aromatic carbocycles. The van der Waals surface area contributed by atoms with Crippen LogP contribution in [0.1, 0.15) is 56.8 Å². The van der Waals surface area contributed by atoms with Gasteiger partial charge < -0.3 is 10.1 Å². The molecule has 1 aromatic heterocycles. The molecule has 0 unspecified atom stereocenters. The Hall–Kier alpha value is -2.78. The predicted octanol–water partition coefficient (Wildman–Crippen LogP) is 7.83. The number of thiophene rings is 1. The van der Waals surface area contributed by atoms with E-state index in [0.717, 1.165) is 44.2 Å². The van der Waals surface area contributed by atoms with Gasteiger partial charge in [0.2, 0.25) is 0 Å². The van der Waals surface area contributed by atoms with Crippen LogP contribution in [0, 0.1) is 19.8 Å². The van der Waals surface area contributed by atoms with Crippen LogP contribution in [0.15, 0.2) is 53.4 Å². The van der Waals surface area contributed by atoms with Crippen molar-refractivity contribution >= 4 is 35.0 Å². The van der Waals surface area contributed by atoms with E-state index in [1.807, 2.05) is 19.9 Å². The fraction of sp³-hybridized carbons (Fsp3) is 0.357. The molecule has 1 amide bonds. The Kier molecular flexibility index (Phi) is 9.47. The zero-order valence-electron chi connectivity index (χ0n) is 21.4. The number of carbonyl (C=O) groups is 2. The van der Waals surface area contributed by atoms with Crippen LogP contribution in [0.25, 0.3) is 11.1 Å². The number of ether oxygens (including phenoxy) is 1. The molecular weight excluding hydrogens is 519 g/mol. The molecule has 0 radical (unpaired) electrons. The van der Waals surface area contributed by atoms with Crippen LogP contribution in [0.4, 0.5) is 13.2 Å². The highest BCUT2D eigenvalue weighted by Crippen LogP contribution is 2.45. The Morgan fingerprint density at radius 1 is 1.03 bits per heavy atom. The first kappa shape index (κ1) is 28.8. The van der Waals surface area contributed by atoms with Gasteiger partial charge in [0, 0.05) is 21.6 Å². The topological polar surface area (TPSA) is 55.4 Å². The number of nitrogens with one attached hydrogen (secondary N) is 1. The number of halogens is 3. The maximum absolute atomic E-state index is 13.0. The van der Waals surface area contributed by atoms with Crippen LogP contribution in [0.3, 0.4) is 0 Å². The molecule has 9 heteroatoms. The lowest BCUT2D eigenvalue weighted by Gasteiger charge is -2.21. The number of hydrogen-bond donors (Lipinski definition) is 1. The van der Waals surface area contributed by atoms with E-state index in [4.69, 9.17) is 0 Å². The number of aryl methyl sites for hydroxylation is 2. The van der Waals surface area contributed by atoms with Gasteiger partial charge in [0.1, 0.15) is 0 Å². The van der Waals surface area contributed by atoms with E-state index in [0.29, 0.717) is 4.88 Å². The van der Waals surface area contributed by atoms with Crippen LogP contribution in [0.2, 0.25) is 0 Å². The summed E-state index contributed by atoms with van der Waals surface area (Å²) >= 11 is 3.14. The Morgan fingerprint density at radius 2 is 1.65 bits per heavy atom. The third-order valence-corrected chi connectivity index (χ3v) is 8.73. The summed E-state index contributed by atoms with van der Waals surface area (Å²) in [7, 11) is 1.31. The lowest BCUT2D eigenvalue weighted by molar-refractivity contribution is -0.140. The van der Waals surface area contributed by atoms with Gasteiger partial charge in [0.25, 0.3) is 5.91 Å². The van der Waals surface area contributed by atoms with Gasteiger partial charge in [-0.1, -0.05) is 26.0 Å². The van der Waals surface area contributed by atoms with Crippen LogP contribution in [-0.2, 0) is 15.7 Å². The first-order valence-electron chi connectivity index (χ1n) is 11.8. The number of methoxy groups -OCH3 is 1. The molecule has 0 spiro atoms. The zero-order chi connectivity index (χ0) is 27.3. The van der Waals surface area contributed by atoms with Crippen molar-refractivity contribution in [3.8, 4) is 11.1 Å². The van der Waals surface area contributed by atoms with Gasteiger partial charge in [-0.05, 0) is 78.4 Å². The highest BCUT2D eigenvalue weighted by Gasteiger charge is 2.30. The molecule has 0 aliphatic rings. The Morgan fingerprint density at radius 3 is 2.19 bits per heavy atom. The summed E-state index contributed by atoms with van der Waals surface area (Å²) in [6, 6.07) is 13.2. The zero-order valence-corrected chi connectivity index (χ0v) is 23.0. The maximum atomic E-state index is 13.0. The van der Waals surface area contributed by atoms with Crippen molar-refractivity contribution < 1.29 is 27.5 Å². The van der Waals surface area contributed by atoms with Crippen LogP contribution in [0.5, 0.6) is 0 Å². The third kappa shape index (κ3) is 7.38. The van der Waals surface area contributed by atoms with Crippen molar-refractivity contribution in [2.45, 2.75) is 50.4 Å². The van der Waals surface area contributed by atoms with Gasteiger partial charge in [0.05, 0.1) is 24.0 Å². The average molecular weight is 550 g/mol. The molecule has 37 heavy (non-hydrogen) atoms. The molecule has 198 valence electrons. The molecular formula is C28H30F3NO3S2. The molecule has 0 saturated heterocycles. The number of thioether (sulfide) groups is 1. The van der Waals surface area contributed by atoms with E-state index < -0.39 is 11.7 Å². The van der Waals surface area contributed by atoms with Crippen molar-refractivity contribution in [2.75, 3.05) is 13.7 Å². The molecule has 4 nitrogen and oxygen atoms in total. The molecule has 1 N–H and O–H groups in total. The minimum absolute atomic E-state index is 0.109. The molecule has 0 fully saturated rings. The third-order valence-electron chi connectivity index (χ3n) is 5.85. The number of alkyl halides is 3. The highest BCUT2D eigenvalue weighted by molar-refractivity contribution is 7.99. The maximum Gasteiger partial charge on any atom is 0.416 e. The molecule has 3 rings (SSSR count). The summed E-state index contributed by atoms with van der Waals surface area (Å²) in [5.41, 5.74) is 3.00. The van der Waals surface area contributed by atoms with Crippen molar-refractivity contribution in [1.82, 2.24) is 5.32 Å². The summed E-state index contributed by atoms with van der Waals surface area (Å²) in [4.78, 5) is 26.5. The predicted molar refractivity (Wildman–Crippen MR) is 143 cm³/mol. The van der Waals surface area contributed by atoms with Crippen LogP contribution < -0.4 is 5.32 Å². The molecule has 1 atom stereocenters. The van der Waals surface area contributed by atoms with Crippen molar-refractivity contribution in [2.24, 2.45) is 5.92 Å². The van der Waals surface area contributed by atoms with Gasteiger partial charge >= 0.3 is 12.1 Å². The Bertz CT molecular complexity index is 1230. The molecule has 1 heterocycles. The molecule has 0 bridgehead atoms. The summed E-state index contributed by atoms with van der Waals surface area (Å²) in [5.74, 6) is -0.312. The fourth-order valence-electron chi connectivity index (χ4n) is 4.04. The summed E-state index contributed by atoms with van der Waals surface area (Å²) < 4.78 is 43.5. The van der Waals surface area contributed by atoms with E-state index >= 15 is 0 Å². The molecule has 3 aromatic rings. The average Bonchev–Trinajstić information content (AvgIpc) is 3.31. The largest absolute Gasteiger partial charge is 0.469 e. The SMILES string of the molecule is COC(=O)CCNC(=O)c1ccc([C@H](Sc2cc(C)c(-c3ccc(C(F)(F)F)cc3)c(C)c2)C(C)C)s1. The van der Waals surface area contributed by atoms with Crippen LogP contribution >= 0.6 is 23.1 Å². The lowest BCUT2D eigenvalue weighted by Crippen LogP contribution is -2.25. The van der Waals surface area contributed by atoms with E-state index in [2.05, 4.69) is 36.0 Å². The highest BCUT2D eigenvalue weighted by atomic mass is 32.2. The van der Waals surface area contributed by atoms with Crippen LogP contribution in [-0.4, -0.2) is 25.5 Å². The number of amides is 1. The summed E-state index contributed by atoms with van der Waals surface area (Å²) in [5, 5.41) is 2.85. The van der Waals surface area contributed by atoms with Gasteiger partial charge in [-0.3, -0.25) is 9.59 Å². The fourth-order valence-corrected chi connectivity index (χ4v) is 6.66. The van der Waals surface area contributed by atoms with E-state index in [1.165, 1.54) is 30.6 Å². The number of hydrogen-bond acceptors (Lipinski definition) is 5. The van der Waals surface area contributed by atoms with Crippen molar-refractivity contribution in [3.05, 3.63) is 75.0 Å². The Labute approximate surface area is 223 Å². The number of esters is 1. The second-order valence-corrected chi connectivity index (χ2v) is 11.4. The second-order valence-electron chi connectivity index (χ2n) is 9.07. The minimum atomic E-state index is -4.36. The first-order valence-corrected chi connectivity index (χ1v) is 13.5. The molecule has 0 aliphatic carbocycles. The van der Waals surface area contributed by atoms with E-state index in [-0.39, 0.29) is 36.0 Å². The van der Waals surface area contributed by atoms with Gasteiger partial charge in [-0.15, -0.1) is 23.1 Å². The van der Waals surface area contributed by atoms with E-state index in [9.17, 15) is 22.8 Å². The molecule has 0 saturated carbocycles. The standard InChI is InChI=1S/C28H30F3NO3S2/c1-16(2)26(22-10-11-23(37-22)27(34)32-13-12-24(33)35-5)36-21-14-17(3)25(18(4)15-21)19-6-8-20(9-7-19)28(29,30)31/h6-11,14-16,26H,12-13H2,1-5H3,(H,32,34)/t26-/m1/s1. The normalized spacial score (nSPS) is 12.5. The smallest absolute Gasteiger partial charge is 0.416 e. The first-order chi connectivity index (χ1) is 17.4. The Balaban J connectivity index is 1.77. The van der Waals surface area contributed by atoms with Crippen molar-refractivity contribution in [1.29, 1.82) is 0 Å².